The summed E-state index contributed by atoms with van der Waals surface area (Å²) in [5.41, 5.74) is 2.14. The minimum atomic E-state index is 0.311. The molecular weight excluding hydrogens is 226 g/mol. The molecule has 3 heterocycles. The van der Waals surface area contributed by atoms with Crippen molar-refractivity contribution in [2.45, 2.75) is 32.6 Å². The number of rotatable bonds is 2. The molecule has 0 aliphatic carbocycles. The first kappa shape index (κ1) is 11.7. The number of pyridine rings is 1. The van der Waals surface area contributed by atoms with E-state index in [0.717, 1.165) is 31.0 Å². The van der Waals surface area contributed by atoms with Crippen molar-refractivity contribution in [3.8, 4) is 0 Å². The van der Waals surface area contributed by atoms with Crippen LogP contribution >= 0.6 is 0 Å². The third-order valence-electron chi connectivity index (χ3n) is 3.29. The van der Waals surface area contributed by atoms with Gasteiger partial charge in [-0.1, -0.05) is 6.07 Å². The van der Waals surface area contributed by atoms with Crippen molar-refractivity contribution >= 4 is 5.65 Å². The summed E-state index contributed by atoms with van der Waals surface area (Å²) in [4.78, 5) is 7.05. The van der Waals surface area contributed by atoms with E-state index in [1.165, 1.54) is 0 Å². The third kappa shape index (κ3) is 2.40. The largest absolute Gasteiger partial charge is 0.373 e. The number of ether oxygens (including phenoxy) is 1. The summed E-state index contributed by atoms with van der Waals surface area (Å²) < 4.78 is 7.82. The van der Waals surface area contributed by atoms with Crippen LogP contribution < -0.4 is 0 Å². The van der Waals surface area contributed by atoms with E-state index >= 15 is 0 Å². The molecule has 0 saturated carbocycles. The van der Waals surface area contributed by atoms with E-state index in [2.05, 4.69) is 34.3 Å². The molecule has 0 N–H and O–H groups in total. The summed E-state index contributed by atoms with van der Waals surface area (Å²) in [6, 6.07) is 6.08. The van der Waals surface area contributed by atoms with E-state index in [0.29, 0.717) is 12.2 Å². The molecule has 1 aliphatic heterocycles. The maximum Gasteiger partial charge on any atom is 0.137 e. The average molecular weight is 245 g/mol. The fraction of sp³-hybridized carbons (Fsp3) is 0.500. The highest BCUT2D eigenvalue weighted by Crippen LogP contribution is 2.14. The molecule has 0 aromatic carbocycles. The monoisotopic (exact) mass is 245 g/mol. The zero-order chi connectivity index (χ0) is 12.5. The minimum absolute atomic E-state index is 0.311. The molecule has 1 fully saturated rings. The molecule has 0 bridgehead atoms. The molecule has 1 saturated heterocycles. The van der Waals surface area contributed by atoms with Crippen LogP contribution in [-0.4, -0.2) is 39.6 Å². The van der Waals surface area contributed by atoms with Crippen molar-refractivity contribution in [2.24, 2.45) is 0 Å². The Balaban J connectivity index is 1.75. The lowest BCUT2D eigenvalue weighted by atomic mass is 10.2. The first-order valence-electron chi connectivity index (χ1n) is 6.51. The number of hydrogen-bond acceptors (Lipinski definition) is 3. The van der Waals surface area contributed by atoms with E-state index in [-0.39, 0.29) is 0 Å². The molecule has 96 valence electrons. The second-order valence-corrected chi connectivity index (χ2v) is 5.15. The van der Waals surface area contributed by atoms with Crippen LogP contribution in [0.5, 0.6) is 0 Å². The first-order valence-corrected chi connectivity index (χ1v) is 6.51. The Hall–Kier alpha value is -1.39. The van der Waals surface area contributed by atoms with E-state index in [1.807, 2.05) is 24.4 Å². The molecule has 4 heteroatoms. The predicted molar refractivity (Wildman–Crippen MR) is 70.5 cm³/mol. The molecule has 4 nitrogen and oxygen atoms in total. The quantitative estimate of drug-likeness (QED) is 0.810. The van der Waals surface area contributed by atoms with Gasteiger partial charge in [-0.05, 0) is 26.0 Å². The minimum Gasteiger partial charge on any atom is -0.373 e. The van der Waals surface area contributed by atoms with Gasteiger partial charge in [0.15, 0.2) is 0 Å². The van der Waals surface area contributed by atoms with Crippen molar-refractivity contribution in [1.82, 2.24) is 14.3 Å². The number of hydrogen-bond donors (Lipinski definition) is 0. The summed E-state index contributed by atoms with van der Waals surface area (Å²) in [6.45, 7) is 7.13. The second kappa shape index (κ2) is 4.71. The van der Waals surface area contributed by atoms with Crippen molar-refractivity contribution < 1.29 is 4.74 Å². The number of fused-ring (bicyclic) bond motifs is 1. The van der Waals surface area contributed by atoms with Crippen molar-refractivity contribution in [3.05, 3.63) is 36.3 Å². The summed E-state index contributed by atoms with van der Waals surface area (Å²) in [5.74, 6) is 0. The highest BCUT2D eigenvalue weighted by molar-refractivity contribution is 5.39. The Kier molecular flexibility index (Phi) is 3.06. The summed E-state index contributed by atoms with van der Waals surface area (Å²) >= 11 is 0. The van der Waals surface area contributed by atoms with Crippen LogP contribution in [0, 0.1) is 0 Å². The zero-order valence-corrected chi connectivity index (χ0v) is 10.9. The van der Waals surface area contributed by atoms with E-state index in [4.69, 9.17) is 4.74 Å². The molecule has 18 heavy (non-hydrogen) atoms. The van der Waals surface area contributed by atoms with Gasteiger partial charge >= 0.3 is 0 Å². The van der Waals surface area contributed by atoms with E-state index < -0.39 is 0 Å². The lowest BCUT2D eigenvalue weighted by molar-refractivity contribution is -0.0707. The number of aromatic nitrogens is 2. The number of morpholine rings is 1. The van der Waals surface area contributed by atoms with Crippen LogP contribution in [0.1, 0.15) is 19.5 Å². The van der Waals surface area contributed by atoms with Crippen LogP contribution in [0.3, 0.4) is 0 Å². The molecule has 2 aromatic heterocycles. The number of nitrogens with zero attached hydrogens (tertiary/aromatic N) is 3. The maximum atomic E-state index is 5.75. The van der Waals surface area contributed by atoms with Crippen LogP contribution in [0.2, 0.25) is 0 Å². The molecule has 2 atom stereocenters. The molecule has 3 rings (SSSR count). The van der Waals surface area contributed by atoms with Gasteiger partial charge < -0.3 is 9.14 Å². The van der Waals surface area contributed by atoms with Gasteiger partial charge in [-0.2, -0.15) is 0 Å². The second-order valence-electron chi connectivity index (χ2n) is 5.15. The van der Waals surface area contributed by atoms with Gasteiger partial charge in [0.2, 0.25) is 0 Å². The predicted octanol–water partition coefficient (Wildman–Crippen LogP) is 1.94. The lowest BCUT2D eigenvalue weighted by Crippen LogP contribution is -2.44. The van der Waals surface area contributed by atoms with Crippen LogP contribution in [0.25, 0.3) is 5.65 Å². The molecule has 1 aliphatic rings. The van der Waals surface area contributed by atoms with Crippen LogP contribution in [0.15, 0.2) is 30.6 Å². The van der Waals surface area contributed by atoms with Gasteiger partial charge in [-0.3, -0.25) is 4.90 Å². The Bertz CT molecular complexity index is 494. The fourth-order valence-corrected chi connectivity index (χ4v) is 2.71. The summed E-state index contributed by atoms with van der Waals surface area (Å²) in [7, 11) is 0. The lowest BCUT2D eigenvalue weighted by Gasteiger charge is -2.34. The maximum absolute atomic E-state index is 5.75. The Morgan fingerprint density at radius 3 is 2.78 bits per heavy atom. The van der Waals surface area contributed by atoms with Gasteiger partial charge in [0.25, 0.3) is 0 Å². The van der Waals surface area contributed by atoms with Gasteiger partial charge in [0.05, 0.1) is 17.9 Å². The van der Waals surface area contributed by atoms with E-state index in [1.54, 1.807) is 0 Å². The van der Waals surface area contributed by atoms with Gasteiger partial charge in [0, 0.05) is 32.0 Å². The van der Waals surface area contributed by atoms with Crippen molar-refractivity contribution in [1.29, 1.82) is 0 Å². The Morgan fingerprint density at radius 2 is 2.06 bits per heavy atom. The summed E-state index contributed by atoms with van der Waals surface area (Å²) in [6.07, 6.45) is 4.77. The average Bonchev–Trinajstić information content (AvgIpc) is 2.69. The van der Waals surface area contributed by atoms with E-state index in [9.17, 15) is 0 Å². The SMILES string of the molecule is C[C@H]1CN(Cc2cn3ccccc3n2)C[C@H](C)O1. The molecule has 2 aromatic rings. The fourth-order valence-electron chi connectivity index (χ4n) is 2.71. The smallest absolute Gasteiger partial charge is 0.137 e. The van der Waals surface area contributed by atoms with Crippen molar-refractivity contribution in [2.75, 3.05) is 13.1 Å². The van der Waals surface area contributed by atoms with Gasteiger partial charge in [-0.15, -0.1) is 0 Å². The normalized spacial score (nSPS) is 25.7. The first-order chi connectivity index (χ1) is 8.70. The standard InChI is InChI=1S/C14H19N3O/c1-11-7-16(8-12(2)18-11)9-13-10-17-6-4-3-5-14(17)15-13/h3-6,10-12H,7-9H2,1-2H3/t11-,12-/m0/s1. The van der Waals surface area contributed by atoms with Crippen molar-refractivity contribution in [3.63, 3.8) is 0 Å². The molecule has 0 spiro atoms. The number of imidazole rings is 1. The van der Waals surface area contributed by atoms with Gasteiger partial charge in [-0.25, -0.2) is 4.98 Å². The van der Waals surface area contributed by atoms with Crippen LogP contribution in [-0.2, 0) is 11.3 Å². The molecular formula is C14H19N3O. The molecule has 0 unspecified atom stereocenters. The Labute approximate surface area is 107 Å². The third-order valence-corrected chi connectivity index (χ3v) is 3.29. The molecule has 0 amide bonds. The topological polar surface area (TPSA) is 29.8 Å². The highest BCUT2D eigenvalue weighted by Gasteiger charge is 2.22. The Morgan fingerprint density at radius 1 is 1.28 bits per heavy atom. The highest BCUT2D eigenvalue weighted by atomic mass is 16.5. The van der Waals surface area contributed by atoms with Crippen LogP contribution in [0.4, 0.5) is 0 Å². The van der Waals surface area contributed by atoms with Gasteiger partial charge in [0.1, 0.15) is 5.65 Å². The zero-order valence-electron chi connectivity index (χ0n) is 10.9. The molecule has 0 radical (unpaired) electrons. The summed E-state index contributed by atoms with van der Waals surface area (Å²) in [5, 5.41) is 0.